The van der Waals surface area contributed by atoms with Crippen LogP contribution in [-0.4, -0.2) is 29.9 Å². The van der Waals surface area contributed by atoms with Gasteiger partial charge >= 0.3 is 0 Å². The highest BCUT2D eigenvalue weighted by Crippen LogP contribution is 2.31. The van der Waals surface area contributed by atoms with Crippen molar-refractivity contribution in [2.24, 2.45) is 5.73 Å². The van der Waals surface area contributed by atoms with E-state index in [-0.39, 0.29) is 11.9 Å². The van der Waals surface area contributed by atoms with Crippen LogP contribution in [-0.2, 0) is 12.8 Å². The average Bonchev–Trinajstić information content (AvgIpc) is 2.89. The van der Waals surface area contributed by atoms with Gasteiger partial charge in [-0.05, 0) is 37.3 Å². The summed E-state index contributed by atoms with van der Waals surface area (Å²) in [7, 11) is 0. The summed E-state index contributed by atoms with van der Waals surface area (Å²) in [6, 6.07) is 2.27. The Morgan fingerprint density at radius 2 is 2.38 bits per heavy atom. The lowest BCUT2D eigenvalue weighted by Crippen LogP contribution is -2.31. The van der Waals surface area contributed by atoms with Crippen molar-refractivity contribution < 1.29 is 4.79 Å². The Kier molecular flexibility index (Phi) is 2.48. The lowest BCUT2D eigenvalue weighted by atomic mass is 10.2. The van der Waals surface area contributed by atoms with Crippen molar-refractivity contribution in [1.29, 1.82) is 0 Å². The molecule has 3 nitrogen and oxygen atoms in total. The van der Waals surface area contributed by atoms with Gasteiger partial charge in [-0.1, -0.05) is 0 Å². The van der Waals surface area contributed by atoms with Crippen LogP contribution in [0.25, 0.3) is 0 Å². The fraction of sp³-hybridized carbons (Fsp3) is 0.583. The van der Waals surface area contributed by atoms with Crippen LogP contribution in [0.4, 0.5) is 0 Å². The van der Waals surface area contributed by atoms with E-state index in [0.29, 0.717) is 0 Å². The zero-order chi connectivity index (χ0) is 11.1. The van der Waals surface area contributed by atoms with E-state index in [1.54, 1.807) is 11.3 Å². The van der Waals surface area contributed by atoms with E-state index < -0.39 is 0 Å². The maximum absolute atomic E-state index is 12.2. The first-order chi connectivity index (χ1) is 7.74. The van der Waals surface area contributed by atoms with Gasteiger partial charge in [0.05, 0.1) is 4.88 Å². The van der Waals surface area contributed by atoms with E-state index in [1.807, 2.05) is 4.90 Å². The molecule has 1 unspecified atom stereocenters. The number of amides is 1. The highest BCUT2D eigenvalue weighted by Gasteiger charge is 2.27. The van der Waals surface area contributed by atoms with Gasteiger partial charge in [-0.25, -0.2) is 0 Å². The van der Waals surface area contributed by atoms with Gasteiger partial charge in [0, 0.05) is 24.0 Å². The number of nitrogens with two attached hydrogens (primary N) is 1. The summed E-state index contributed by atoms with van der Waals surface area (Å²) in [5, 5.41) is 0. The number of aryl methyl sites for hydroxylation is 2. The Morgan fingerprint density at radius 1 is 1.50 bits per heavy atom. The zero-order valence-electron chi connectivity index (χ0n) is 9.24. The third-order valence-electron chi connectivity index (χ3n) is 3.47. The quantitative estimate of drug-likeness (QED) is 0.801. The minimum Gasteiger partial charge on any atom is -0.336 e. The number of rotatable bonds is 1. The van der Waals surface area contributed by atoms with E-state index in [2.05, 4.69) is 6.07 Å². The first-order valence-corrected chi connectivity index (χ1v) is 6.72. The van der Waals surface area contributed by atoms with Crippen LogP contribution in [0.15, 0.2) is 6.07 Å². The summed E-state index contributed by atoms with van der Waals surface area (Å²) in [5.41, 5.74) is 7.22. The second-order valence-electron chi connectivity index (χ2n) is 4.71. The van der Waals surface area contributed by atoms with E-state index >= 15 is 0 Å². The third-order valence-corrected chi connectivity index (χ3v) is 4.69. The largest absolute Gasteiger partial charge is 0.336 e. The second-order valence-corrected chi connectivity index (χ2v) is 5.85. The fourth-order valence-electron chi connectivity index (χ4n) is 2.56. The molecule has 16 heavy (non-hydrogen) atoms. The molecule has 0 bridgehead atoms. The zero-order valence-corrected chi connectivity index (χ0v) is 10.1. The lowest BCUT2D eigenvalue weighted by molar-refractivity contribution is 0.0795. The van der Waals surface area contributed by atoms with Crippen molar-refractivity contribution in [1.82, 2.24) is 4.90 Å². The van der Waals surface area contributed by atoms with Crippen LogP contribution >= 0.6 is 11.3 Å². The maximum atomic E-state index is 12.2. The minimum atomic E-state index is 0.177. The smallest absolute Gasteiger partial charge is 0.263 e. The molecule has 2 aliphatic rings. The molecule has 86 valence electrons. The first-order valence-electron chi connectivity index (χ1n) is 5.90. The van der Waals surface area contributed by atoms with E-state index in [1.165, 1.54) is 16.9 Å². The summed E-state index contributed by atoms with van der Waals surface area (Å²) >= 11 is 1.69. The molecule has 2 N–H and O–H groups in total. The van der Waals surface area contributed by atoms with E-state index in [0.717, 1.165) is 37.2 Å². The van der Waals surface area contributed by atoms with Gasteiger partial charge in [-0.2, -0.15) is 0 Å². The van der Waals surface area contributed by atoms with Crippen LogP contribution in [0.3, 0.4) is 0 Å². The fourth-order valence-corrected chi connectivity index (χ4v) is 3.78. The van der Waals surface area contributed by atoms with Gasteiger partial charge in [0.1, 0.15) is 0 Å². The van der Waals surface area contributed by atoms with Gasteiger partial charge in [0.25, 0.3) is 5.91 Å². The van der Waals surface area contributed by atoms with E-state index in [4.69, 9.17) is 5.73 Å². The maximum Gasteiger partial charge on any atom is 0.263 e. The number of fused-ring (bicyclic) bond motifs is 1. The summed E-state index contributed by atoms with van der Waals surface area (Å²) in [5.74, 6) is 0.187. The Balaban J connectivity index is 1.79. The van der Waals surface area contributed by atoms with Crippen LogP contribution in [0.5, 0.6) is 0 Å². The topological polar surface area (TPSA) is 46.3 Å². The molecular weight excluding hydrogens is 220 g/mol. The number of hydrogen-bond acceptors (Lipinski definition) is 3. The van der Waals surface area contributed by atoms with Crippen molar-refractivity contribution in [3.05, 3.63) is 21.4 Å². The number of thiophene rings is 1. The molecule has 3 rings (SSSR count). The van der Waals surface area contributed by atoms with Gasteiger partial charge in [-0.15, -0.1) is 11.3 Å². The number of likely N-dealkylation sites (tertiary alicyclic amines) is 1. The molecule has 0 aromatic carbocycles. The molecular formula is C12H16N2OS. The molecule has 2 heterocycles. The van der Waals surface area contributed by atoms with Crippen LogP contribution < -0.4 is 5.73 Å². The Hall–Kier alpha value is -0.870. The predicted octanol–water partition coefficient (Wildman–Crippen LogP) is 1.41. The number of hydrogen-bond donors (Lipinski definition) is 1. The molecule has 1 aliphatic heterocycles. The van der Waals surface area contributed by atoms with Crippen LogP contribution in [0, 0.1) is 0 Å². The summed E-state index contributed by atoms with van der Waals surface area (Å²) < 4.78 is 0. The second kappa shape index (κ2) is 3.86. The molecule has 1 saturated heterocycles. The summed E-state index contributed by atoms with van der Waals surface area (Å²) in [6.07, 6.45) is 4.51. The molecule has 0 radical (unpaired) electrons. The Morgan fingerprint density at radius 3 is 3.06 bits per heavy atom. The van der Waals surface area contributed by atoms with Crippen molar-refractivity contribution in [2.75, 3.05) is 13.1 Å². The summed E-state index contributed by atoms with van der Waals surface area (Å²) in [6.45, 7) is 1.55. The minimum absolute atomic E-state index is 0.177. The molecule has 1 fully saturated rings. The molecule has 1 amide bonds. The van der Waals surface area contributed by atoms with E-state index in [9.17, 15) is 4.79 Å². The molecule has 1 atom stereocenters. The number of carbonyl (C=O) groups excluding carboxylic acids is 1. The van der Waals surface area contributed by atoms with Crippen molar-refractivity contribution >= 4 is 17.2 Å². The first kappa shape index (κ1) is 10.3. The Bertz CT molecular complexity index is 405. The van der Waals surface area contributed by atoms with Gasteiger partial charge in [-0.3, -0.25) is 4.79 Å². The highest BCUT2D eigenvalue weighted by atomic mass is 32.1. The predicted molar refractivity (Wildman–Crippen MR) is 64.8 cm³/mol. The number of carbonyl (C=O) groups is 1. The van der Waals surface area contributed by atoms with Crippen LogP contribution in [0.2, 0.25) is 0 Å². The normalized spacial score (nSPS) is 23.8. The highest BCUT2D eigenvalue weighted by molar-refractivity contribution is 7.14. The van der Waals surface area contributed by atoms with Crippen molar-refractivity contribution in [2.45, 2.75) is 31.7 Å². The van der Waals surface area contributed by atoms with Crippen LogP contribution in [0.1, 0.15) is 33.0 Å². The Labute approximate surface area is 99.2 Å². The summed E-state index contributed by atoms with van der Waals surface area (Å²) in [4.78, 5) is 16.4. The average molecular weight is 236 g/mol. The molecule has 1 aromatic rings. The molecule has 1 aromatic heterocycles. The molecule has 0 saturated carbocycles. The molecule has 4 heteroatoms. The standard InChI is InChI=1S/C12H16N2OS/c13-9-4-5-14(7-9)12(15)11-6-8-2-1-3-10(8)16-11/h6,9H,1-5,7,13H2. The molecule has 1 aliphatic carbocycles. The van der Waals surface area contributed by atoms with Gasteiger partial charge in [0.15, 0.2) is 0 Å². The lowest BCUT2D eigenvalue weighted by Gasteiger charge is -2.14. The van der Waals surface area contributed by atoms with Crippen molar-refractivity contribution in [3.63, 3.8) is 0 Å². The SMILES string of the molecule is NC1CCN(C(=O)c2cc3c(s2)CCC3)C1. The third kappa shape index (κ3) is 1.66. The van der Waals surface area contributed by atoms with Gasteiger partial charge < -0.3 is 10.6 Å². The number of nitrogens with zero attached hydrogens (tertiary/aromatic N) is 1. The van der Waals surface area contributed by atoms with Crippen molar-refractivity contribution in [3.8, 4) is 0 Å². The molecule has 0 spiro atoms. The van der Waals surface area contributed by atoms with Gasteiger partial charge in [0.2, 0.25) is 0 Å². The monoisotopic (exact) mass is 236 g/mol.